The van der Waals surface area contributed by atoms with Crippen LogP contribution in [-0.2, 0) is 22.7 Å². The van der Waals surface area contributed by atoms with Crippen LogP contribution in [0.15, 0.2) is 42.1 Å². The summed E-state index contributed by atoms with van der Waals surface area (Å²) in [5.74, 6) is -2.26. The van der Waals surface area contributed by atoms with E-state index >= 15 is 0 Å². The Morgan fingerprint density at radius 3 is 2.71 bits per heavy atom. The number of carbonyl (C=O) groups excluding carboxylic acids is 1. The molecule has 3 aliphatic rings. The van der Waals surface area contributed by atoms with Gasteiger partial charge in [0.15, 0.2) is 17.4 Å². The van der Waals surface area contributed by atoms with Gasteiger partial charge in [-0.25, -0.2) is 13.8 Å². The third-order valence-corrected chi connectivity index (χ3v) is 9.95. The van der Waals surface area contributed by atoms with Crippen LogP contribution in [0.5, 0.6) is 5.75 Å². The normalized spacial score (nSPS) is 19.8. The first-order valence-corrected chi connectivity index (χ1v) is 15.8. The van der Waals surface area contributed by atoms with E-state index in [2.05, 4.69) is 10.3 Å². The number of aromatic nitrogens is 1. The fourth-order valence-electron chi connectivity index (χ4n) is 5.57. The smallest absolute Gasteiger partial charge is 0.252 e. The molecule has 1 aromatic heterocycles. The number of fused-ring (bicyclic) bond motifs is 2. The van der Waals surface area contributed by atoms with Gasteiger partial charge in [0, 0.05) is 36.4 Å². The maximum Gasteiger partial charge on any atom is 0.252 e. The van der Waals surface area contributed by atoms with Crippen molar-refractivity contribution in [3.63, 3.8) is 0 Å². The number of hydrogen-bond acceptors (Lipinski definition) is 6. The lowest BCUT2D eigenvalue weighted by atomic mass is 9.93. The van der Waals surface area contributed by atoms with Crippen molar-refractivity contribution in [2.45, 2.75) is 63.4 Å². The van der Waals surface area contributed by atoms with Gasteiger partial charge in [0.1, 0.15) is 11.6 Å². The molecule has 6 nitrogen and oxygen atoms in total. The lowest BCUT2D eigenvalue weighted by Gasteiger charge is -2.31. The molecule has 1 amide bonds. The van der Waals surface area contributed by atoms with Gasteiger partial charge in [0.05, 0.1) is 33.2 Å². The van der Waals surface area contributed by atoms with Crippen LogP contribution in [0.3, 0.4) is 0 Å². The second kappa shape index (κ2) is 12.8. The van der Waals surface area contributed by atoms with Crippen LogP contribution in [0.1, 0.15) is 47.6 Å². The largest absolute Gasteiger partial charge is 0.485 e. The second-order valence-electron chi connectivity index (χ2n) is 10.7. The Kier molecular flexibility index (Phi) is 9.05. The van der Waals surface area contributed by atoms with E-state index in [-0.39, 0.29) is 42.8 Å². The zero-order chi connectivity index (χ0) is 29.4. The molecule has 1 N–H and O–H groups in total. The summed E-state index contributed by atoms with van der Waals surface area (Å²) in [7, 11) is 0. The van der Waals surface area contributed by atoms with Crippen molar-refractivity contribution in [3.05, 3.63) is 84.3 Å². The molecule has 0 spiro atoms. The Hall–Kier alpha value is -2.27. The molecule has 222 valence electrons. The molecular weight excluding hydrogens is 627 g/mol. The van der Waals surface area contributed by atoms with Crippen LogP contribution in [0.4, 0.5) is 8.78 Å². The summed E-state index contributed by atoms with van der Waals surface area (Å²) in [5, 5.41) is 5.11. The fraction of sp³-hybridized carbons (Fsp3) is 0.400. The molecule has 2 aliphatic heterocycles. The molecule has 1 saturated heterocycles. The van der Waals surface area contributed by atoms with E-state index in [1.54, 1.807) is 12.3 Å². The Morgan fingerprint density at radius 1 is 1.07 bits per heavy atom. The summed E-state index contributed by atoms with van der Waals surface area (Å²) in [5.41, 5.74) is 2.68. The molecule has 1 unspecified atom stereocenters. The Balaban J connectivity index is 1.15. The third kappa shape index (κ3) is 6.32. The van der Waals surface area contributed by atoms with Gasteiger partial charge in [0.2, 0.25) is 0 Å². The number of hydrogen-bond donors (Lipinski definition) is 1. The lowest BCUT2D eigenvalue weighted by molar-refractivity contribution is -0.128. The van der Waals surface area contributed by atoms with Crippen molar-refractivity contribution in [2.24, 2.45) is 0 Å². The van der Waals surface area contributed by atoms with Gasteiger partial charge in [-0.05, 0) is 61.4 Å². The molecule has 2 bridgehead atoms. The number of ether oxygens (including phenoxy) is 2. The van der Waals surface area contributed by atoms with Gasteiger partial charge in [-0.1, -0.05) is 46.9 Å². The van der Waals surface area contributed by atoms with Gasteiger partial charge >= 0.3 is 0 Å². The summed E-state index contributed by atoms with van der Waals surface area (Å²) >= 11 is 20.0. The van der Waals surface area contributed by atoms with E-state index in [1.165, 1.54) is 11.3 Å². The molecule has 2 aromatic carbocycles. The monoisotopic (exact) mass is 653 g/mol. The Morgan fingerprint density at radius 2 is 1.90 bits per heavy atom. The van der Waals surface area contributed by atoms with E-state index in [1.807, 2.05) is 17.0 Å². The van der Waals surface area contributed by atoms with Crippen molar-refractivity contribution in [2.75, 3.05) is 13.2 Å². The maximum atomic E-state index is 14.2. The average Bonchev–Trinajstić information content (AvgIpc) is 3.59. The standard InChI is InChI=1S/C30H28Cl3F2N3O3S/c31-20-3-1-2-16(27(20)33)14-38(18-5-6-18)30(39)26-19(12-17-4-9-23(26)37-17)24-13-36-25(42-24)15-40-10-11-41-29-22(34)8-7-21(32)28(29)35/h1-3,7-8,13,17-18,23,37H,4-6,9-12,14-15H2/t17-,23?/m0/s1. The number of thiazole rings is 1. The van der Waals surface area contributed by atoms with Crippen LogP contribution >= 0.6 is 46.1 Å². The van der Waals surface area contributed by atoms with Gasteiger partial charge in [0.25, 0.3) is 5.91 Å². The highest BCUT2D eigenvalue weighted by Gasteiger charge is 2.42. The number of carbonyl (C=O) groups is 1. The van der Waals surface area contributed by atoms with E-state index < -0.39 is 17.4 Å². The van der Waals surface area contributed by atoms with E-state index in [9.17, 15) is 13.6 Å². The van der Waals surface area contributed by atoms with Crippen molar-refractivity contribution in [3.8, 4) is 5.75 Å². The first-order valence-electron chi connectivity index (χ1n) is 13.8. The molecule has 12 heteroatoms. The number of halogens is 5. The van der Waals surface area contributed by atoms with Crippen LogP contribution < -0.4 is 10.1 Å². The van der Waals surface area contributed by atoms with E-state index in [0.29, 0.717) is 22.6 Å². The number of nitrogens with zero attached hydrogens (tertiary/aromatic N) is 2. The summed E-state index contributed by atoms with van der Waals surface area (Å²) in [6, 6.07) is 8.21. The minimum atomic E-state index is -0.938. The Bertz CT molecular complexity index is 1530. The van der Waals surface area contributed by atoms with Crippen LogP contribution in [0.2, 0.25) is 15.1 Å². The number of benzene rings is 2. The molecule has 1 saturated carbocycles. The van der Waals surface area contributed by atoms with Crippen molar-refractivity contribution in [1.82, 2.24) is 15.2 Å². The van der Waals surface area contributed by atoms with Crippen molar-refractivity contribution in [1.29, 1.82) is 0 Å². The van der Waals surface area contributed by atoms with Gasteiger partial charge < -0.3 is 19.7 Å². The second-order valence-corrected chi connectivity index (χ2v) is 13.0. The molecule has 3 aromatic rings. The summed E-state index contributed by atoms with van der Waals surface area (Å²) < 4.78 is 38.7. The highest BCUT2D eigenvalue weighted by atomic mass is 35.5. The minimum Gasteiger partial charge on any atom is -0.485 e. The number of nitrogens with one attached hydrogen (secondary N) is 1. The first-order chi connectivity index (χ1) is 20.3. The molecule has 42 heavy (non-hydrogen) atoms. The van der Waals surface area contributed by atoms with Gasteiger partial charge in [-0.15, -0.1) is 11.3 Å². The molecule has 2 fully saturated rings. The minimum absolute atomic E-state index is 0.00596. The Labute approximate surface area is 261 Å². The van der Waals surface area contributed by atoms with E-state index in [0.717, 1.165) is 70.8 Å². The van der Waals surface area contributed by atoms with Crippen molar-refractivity contribution < 1.29 is 23.0 Å². The zero-order valence-corrected chi connectivity index (χ0v) is 25.6. The summed E-state index contributed by atoms with van der Waals surface area (Å²) in [6.45, 7) is 0.655. The summed E-state index contributed by atoms with van der Waals surface area (Å²) in [6.07, 6.45) is 6.41. The van der Waals surface area contributed by atoms with Crippen LogP contribution in [0, 0.1) is 11.6 Å². The molecule has 2 atom stereocenters. The maximum absolute atomic E-state index is 14.2. The predicted molar refractivity (Wildman–Crippen MR) is 160 cm³/mol. The number of amides is 1. The van der Waals surface area contributed by atoms with Crippen molar-refractivity contribution >= 4 is 57.6 Å². The molecule has 0 radical (unpaired) electrons. The molecule has 3 heterocycles. The van der Waals surface area contributed by atoms with Crippen LogP contribution in [-0.4, -0.2) is 47.1 Å². The quantitative estimate of drug-likeness (QED) is 0.172. The van der Waals surface area contributed by atoms with Gasteiger partial charge in [-0.2, -0.15) is 0 Å². The molecular formula is C30H28Cl3F2N3O3S. The topological polar surface area (TPSA) is 63.7 Å². The van der Waals surface area contributed by atoms with Crippen LogP contribution in [0.25, 0.3) is 5.57 Å². The van der Waals surface area contributed by atoms with E-state index in [4.69, 9.17) is 44.3 Å². The number of rotatable bonds is 11. The third-order valence-electron chi connectivity index (χ3n) is 7.77. The molecule has 6 rings (SSSR count). The highest BCUT2D eigenvalue weighted by Crippen LogP contribution is 2.42. The zero-order valence-electron chi connectivity index (χ0n) is 22.5. The summed E-state index contributed by atoms with van der Waals surface area (Å²) in [4.78, 5) is 21.7. The lowest BCUT2D eigenvalue weighted by Crippen LogP contribution is -2.44. The predicted octanol–water partition coefficient (Wildman–Crippen LogP) is 7.45. The molecule has 1 aliphatic carbocycles. The SMILES string of the molecule is O=C(C1=C(c2cnc(COCCOc3c(F)ccc(Cl)c3F)s2)C[C@@H]2CCC1N2)N(Cc1cccc(Cl)c1Cl)C1CC1. The first kappa shape index (κ1) is 29.8. The highest BCUT2D eigenvalue weighted by molar-refractivity contribution is 7.12. The van der Waals surface area contributed by atoms with Gasteiger partial charge in [-0.3, -0.25) is 4.79 Å². The average molecular weight is 655 g/mol. The fourth-order valence-corrected chi connectivity index (χ4v) is 7.02.